The summed E-state index contributed by atoms with van der Waals surface area (Å²) < 4.78 is 77.9. The quantitative estimate of drug-likeness (QED) is 0.442. The van der Waals surface area contributed by atoms with Crippen molar-refractivity contribution in [2.45, 2.75) is 38.0 Å². The highest BCUT2D eigenvalue weighted by atomic mass is 35.5. The van der Waals surface area contributed by atoms with Gasteiger partial charge in [0.1, 0.15) is 0 Å². The minimum Gasteiger partial charge on any atom is -0.463 e. The summed E-state index contributed by atoms with van der Waals surface area (Å²) in [6.07, 6.45) is -12.0. The molecule has 0 aliphatic rings. The second kappa shape index (κ2) is 4.79. The Bertz CT molecular complexity index is 300. The predicted octanol–water partition coefficient (Wildman–Crippen LogP) is 3.68. The van der Waals surface area contributed by atoms with Crippen LogP contribution in [0, 0.1) is 5.41 Å². The van der Waals surface area contributed by atoms with Crippen molar-refractivity contribution in [2.24, 2.45) is 5.41 Å². The van der Waals surface area contributed by atoms with Crippen molar-refractivity contribution < 1.29 is 35.9 Å². The summed E-state index contributed by atoms with van der Waals surface area (Å²) in [6, 6.07) is 0. The summed E-state index contributed by atoms with van der Waals surface area (Å²) in [7, 11) is 0. The van der Waals surface area contributed by atoms with Crippen LogP contribution in [0.5, 0.6) is 0 Å². The van der Waals surface area contributed by atoms with E-state index in [2.05, 4.69) is 16.3 Å². The van der Waals surface area contributed by atoms with E-state index in [1.165, 1.54) is 20.8 Å². The smallest absolute Gasteiger partial charge is 0.427 e. The maximum absolute atomic E-state index is 12.3. The lowest BCUT2D eigenvalue weighted by Gasteiger charge is -2.30. The van der Waals surface area contributed by atoms with Crippen molar-refractivity contribution in [3.8, 4) is 0 Å². The number of halogens is 7. The first-order chi connectivity index (χ1) is 7.63. The molecule has 0 saturated heterocycles. The second-order valence-corrected chi connectivity index (χ2v) is 5.36. The molecule has 0 atom stereocenters. The first kappa shape index (κ1) is 17.3. The lowest BCUT2D eigenvalue weighted by atomic mass is 9.98. The van der Waals surface area contributed by atoms with Gasteiger partial charge in [-0.3, -0.25) is 0 Å². The molecule has 0 heterocycles. The number of carbonyl (C=O) groups excluding carboxylic acids is 1. The first-order valence-corrected chi connectivity index (χ1v) is 5.00. The zero-order chi connectivity index (χ0) is 15.0. The normalized spacial score (nSPS) is 14.6. The van der Waals surface area contributed by atoms with Crippen molar-refractivity contribution >= 4 is 17.6 Å². The molecule has 0 N–H and O–H groups in total. The Morgan fingerprint density at radius 1 is 1.00 bits per heavy atom. The van der Waals surface area contributed by atoms with E-state index in [1.54, 1.807) is 0 Å². The second-order valence-electron chi connectivity index (χ2n) is 4.79. The average Bonchev–Trinajstić information content (AvgIpc) is 2.07. The van der Waals surface area contributed by atoms with E-state index in [-0.39, 0.29) is 0 Å². The zero-order valence-corrected chi connectivity index (χ0v) is 10.4. The molecule has 0 amide bonds. The molecule has 0 fully saturated rings. The molecular formula is C9H11ClF6O2. The molecule has 9 heteroatoms. The third-order valence-corrected chi connectivity index (χ3v) is 2.28. The Labute approximate surface area is 104 Å². The van der Waals surface area contributed by atoms with Crippen molar-refractivity contribution in [2.75, 3.05) is 6.61 Å². The van der Waals surface area contributed by atoms with Crippen molar-refractivity contribution in [3.05, 3.63) is 0 Å². The number of rotatable bonds is 2. The van der Waals surface area contributed by atoms with Gasteiger partial charge in [-0.25, -0.2) is 4.79 Å². The van der Waals surface area contributed by atoms with Gasteiger partial charge in [0.05, 0.1) is 6.61 Å². The summed E-state index contributed by atoms with van der Waals surface area (Å²) in [6.45, 7) is 3.79. The lowest BCUT2D eigenvalue weighted by Crippen LogP contribution is -2.58. The molecule has 0 aromatic rings. The van der Waals surface area contributed by atoms with Gasteiger partial charge in [0, 0.05) is 0 Å². The van der Waals surface area contributed by atoms with Crippen LogP contribution < -0.4 is 0 Å². The highest BCUT2D eigenvalue weighted by Crippen LogP contribution is 2.48. The minimum absolute atomic E-state index is 0.619. The largest absolute Gasteiger partial charge is 0.463 e. The molecule has 0 bridgehead atoms. The number of carbonyl (C=O) groups is 1. The van der Waals surface area contributed by atoms with Crippen LogP contribution in [-0.4, -0.2) is 29.8 Å². The average molecular weight is 301 g/mol. The summed E-state index contributed by atoms with van der Waals surface area (Å²) >= 11 is 4.45. The molecule has 0 aliphatic carbocycles. The molecule has 18 heavy (non-hydrogen) atoms. The van der Waals surface area contributed by atoms with Gasteiger partial charge < -0.3 is 4.74 Å². The van der Waals surface area contributed by atoms with Crippen LogP contribution in [0.2, 0.25) is 0 Å². The maximum atomic E-state index is 12.3. The third-order valence-electron chi connectivity index (χ3n) is 1.70. The van der Waals surface area contributed by atoms with Crippen LogP contribution in [0.1, 0.15) is 20.8 Å². The van der Waals surface area contributed by atoms with Gasteiger partial charge in [-0.15, -0.1) is 0 Å². The van der Waals surface area contributed by atoms with E-state index in [1.807, 2.05) is 0 Å². The maximum Gasteiger partial charge on any atom is 0.427 e. The molecule has 108 valence electrons. The van der Waals surface area contributed by atoms with Crippen molar-refractivity contribution in [1.29, 1.82) is 0 Å². The van der Waals surface area contributed by atoms with E-state index in [9.17, 15) is 31.1 Å². The van der Waals surface area contributed by atoms with Crippen LogP contribution in [0.3, 0.4) is 0 Å². The number of hydrogen-bond donors (Lipinski definition) is 0. The standard InChI is InChI=1S/C9H11ClF6O2/c1-6(2,3)4-18-5(17)7(10,8(11,12)13)9(14,15)16/h4H2,1-3H3. The fraction of sp³-hybridized carbons (Fsp3) is 0.889. The highest BCUT2D eigenvalue weighted by Gasteiger charge is 2.76. The van der Waals surface area contributed by atoms with Crippen LogP contribution in [0.25, 0.3) is 0 Å². The topological polar surface area (TPSA) is 26.3 Å². The molecule has 0 aromatic carbocycles. The third kappa shape index (κ3) is 3.66. The summed E-state index contributed by atoms with van der Waals surface area (Å²) in [4.78, 5) is 5.97. The summed E-state index contributed by atoms with van der Waals surface area (Å²) in [5.74, 6) is -2.57. The van der Waals surface area contributed by atoms with Gasteiger partial charge in [-0.05, 0) is 5.41 Å². The van der Waals surface area contributed by atoms with Crippen molar-refractivity contribution in [3.63, 3.8) is 0 Å². The predicted molar refractivity (Wildman–Crippen MR) is 51.1 cm³/mol. The Kier molecular flexibility index (Phi) is 4.61. The molecule has 0 rings (SSSR count). The van der Waals surface area contributed by atoms with Gasteiger partial charge in [-0.2, -0.15) is 26.3 Å². The first-order valence-electron chi connectivity index (χ1n) is 4.62. The fourth-order valence-electron chi connectivity index (χ4n) is 0.774. The Hall–Kier alpha value is -0.660. The van der Waals surface area contributed by atoms with Crippen LogP contribution in [-0.2, 0) is 9.53 Å². The van der Waals surface area contributed by atoms with Crippen LogP contribution in [0.15, 0.2) is 0 Å². The number of esters is 1. The van der Waals surface area contributed by atoms with E-state index in [4.69, 9.17) is 0 Å². The molecule has 2 nitrogen and oxygen atoms in total. The van der Waals surface area contributed by atoms with Crippen LogP contribution >= 0.6 is 11.6 Å². The minimum atomic E-state index is -6.00. The molecular weight excluding hydrogens is 290 g/mol. The summed E-state index contributed by atoms with van der Waals surface area (Å²) in [5.41, 5.74) is -0.787. The number of hydrogen-bond acceptors (Lipinski definition) is 2. The zero-order valence-electron chi connectivity index (χ0n) is 9.67. The van der Waals surface area contributed by atoms with Gasteiger partial charge >= 0.3 is 23.2 Å². The Morgan fingerprint density at radius 3 is 1.56 bits per heavy atom. The molecule has 0 unspecified atom stereocenters. The molecule has 0 saturated carbocycles. The molecule has 0 aliphatic heterocycles. The highest BCUT2D eigenvalue weighted by molar-refractivity contribution is 6.35. The summed E-state index contributed by atoms with van der Waals surface area (Å²) in [5, 5.41) is 0. The van der Waals surface area contributed by atoms with Gasteiger partial charge in [0.2, 0.25) is 0 Å². The molecule has 0 radical (unpaired) electrons. The number of alkyl halides is 7. The van der Waals surface area contributed by atoms with Crippen LogP contribution in [0.4, 0.5) is 26.3 Å². The van der Waals surface area contributed by atoms with Crippen molar-refractivity contribution in [1.82, 2.24) is 0 Å². The van der Waals surface area contributed by atoms with E-state index in [0.29, 0.717) is 0 Å². The lowest BCUT2D eigenvalue weighted by molar-refractivity contribution is -0.268. The monoisotopic (exact) mass is 300 g/mol. The molecule has 0 aromatic heterocycles. The van der Waals surface area contributed by atoms with E-state index >= 15 is 0 Å². The Morgan fingerprint density at radius 2 is 1.33 bits per heavy atom. The van der Waals surface area contributed by atoms with E-state index < -0.39 is 35.2 Å². The van der Waals surface area contributed by atoms with Gasteiger partial charge in [-0.1, -0.05) is 32.4 Å². The number of ether oxygens (including phenoxy) is 1. The van der Waals surface area contributed by atoms with Gasteiger partial charge in [0.25, 0.3) is 0 Å². The molecule has 0 spiro atoms. The van der Waals surface area contributed by atoms with E-state index in [0.717, 1.165) is 0 Å². The SMILES string of the molecule is CC(C)(C)COC(=O)C(Cl)(C(F)(F)F)C(F)(F)F. The Balaban J connectivity index is 5.21. The van der Waals surface area contributed by atoms with Gasteiger partial charge in [0.15, 0.2) is 0 Å². The fourth-order valence-corrected chi connectivity index (χ4v) is 0.828.